The minimum Gasteiger partial charge on any atom is -0.480 e. The fourth-order valence-corrected chi connectivity index (χ4v) is 5.06. The second-order valence-electron chi connectivity index (χ2n) is 9.00. The average Bonchev–Trinajstić information content (AvgIpc) is 2.90. The van der Waals surface area contributed by atoms with Crippen molar-refractivity contribution < 1.29 is 14.7 Å². The van der Waals surface area contributed by atoms with E-state index < -0.39 is 17.9 Å². The van der Waals surface area contributed by atoms with Crippen LogP contribution in [0.3, 0.4) is 0 Å². The first-order chi connectivity index (χ1) is 17.1. The van der Waals surface area contributed by atoms with Crippen molar-refractivity contribution in [3.63, 3.8) is 0 Å². The normalized spacial score (nSPS) is 15.0. The molecule has 0 saturated carbocycles. The summed E-state index contributed by atoms with van der Waals surface area (Å²) in [4.78, 5) is 28.1. The van der Waals surface area contributed by atoms with Crippen molar-refractivity contribution in [2.45, 2.75) is 31.3 Å². The maximum Gasteiger partial charge on any atom is 0.326 e. The highest BCUT2D eigenvalue weighted by molar-refractivity contribution is 5.91. The van der Waals surface area contributed by atoms with Crippen LogP contribution in [-0.4, -0.2) is 27.9 Å². The van der Waals surface area contributed by atoms with Crippen molar-refractivity contribution in [3.8, 4) is 0 Å². The number of fused-ring (bicyclic) bond motifs is 1. The highest BCUT2D eigenvalue weighted by Gasteiger charge is 2.39. The summed E-state index contributed by atoms with van der Waals surface area (Å²) in [6.07, 6.45) is 1.04. The van der Waals surface area contributed by atoms with Crippen LogP contribution in [-0.2, 0) is 29.0 Å². The molecule has 0 saturated heterocycles. The van der Waals surface area contributed by atoms with Crippen LogP contribution < -0.4 is 0 Å². The highest BCUT2D eigenvalue weighted by atomic mass is 16.4. The number of carboxylic acid groups (broad SMARTS) is 1. The van der Waals surface area contributed by atoms with Gasteiger partial charge in [0.25, 0.3) is 0 Å². The summed E-state index contributed by atoms with van der Waals surface area (Å²) in [6.45, 7) is 0.282. The number of hydrogen-bond donors (Lipinski definition) is 1. The first-order valence-corrected chi connectivity index (χ1v) is 11.9. The van der Waals surface area contributed by atoms with Gasteiger partial charge in [0.05, 0.1) is 5.92 Å². The van der Waals surface area contributed by atoms with Gasteiger partial charge in [-0.25, -0.2) is 4.79 Å². The Kier molecular flexibility index (Phi) is 6.44. The van der Waals surface area contributed by atoms with E-state index in [1.807, 2.05) is 91.0 Å². The van der Waals surface area contributed by atoms with Gasteiger partial charge in [-0.15, -0.1) is 0 Å². The second kappa shape index (κ2) is 9.98. The van der Waals surface area contributed by atoms with E-state index in [1.54, 1.807) is 4.90 Å². The largest absolute Gasteiger partial charge is 0.480 e. The molecule has 0 unspecified atom stereocenters. The summed E-state index contributed by atoms with van der Waals surface area (Å²) < 4.78 is 0. The van der Waals surface area contributed by atoms with E-state index in [0.717, 1.165) is 34.2 Å². The van der Waals surface area contributed by atoms with Crippen LogP contribution in [0.15, 0.2) is 109 Å². The molecule has 4 nitrogen and oxygen atoms in total. The Hall–Kier alpha value is -4.18. The predicted molar refractivity (Wildman–Crippen MR) is 136 cm³/mol. The Morgan fingerprint density at radius 2 is 1.34 bits per heavy atom. The monoisotopic (exact) mass is 461 g/mol. The van der Waals surface area contributed by atoms with Gasteiger partial charge in [-0.2, -0.15) is 0 Å². The molecule has 0 fully saturated rings. The maximum atomic E-state index is 14.1. The molecule has 0 aliphatic carbocycles. The average molecular weight is 462 g/mol. The van der Waals surface area contributed by atoms with Gasteiger partial charge in [0.2, 0.25) is 5.91 Å². The van der Waals surface area contributed by atoms with Gasteiger partial charge in [-0.3, -0.25) is 4.79 Å². The molecule has 4 heteroatoms. The van der Waals surface area contributed by atoms with E-state index in [-0.39, 0.29) is 12.5 Å². The molecular formula is C31H27NO3. The van der Waals surface area contributed by atoms with Crippen molar-refractivity contribution >= 4 is 11.9 Å². The van der Waals surface area contributed by atoms with E-state index in [2.05, 4.69) is 18.2 Å². The zero-order valence-corrected chi connectivity index (χ0v) is 19.4. The molecule has 35 heavy (non-hydrogen) atoms. The van der Waals surface area contributed by atoms with Crippen LogP contribution in [0.2, 0.25) is 0 Å². The van der Waals surface area contributed by atoms with Gasteiger partial charge in [0, 0.05) is 13.0 Å². The SMILES string of the molecule is O=C(O)[C@@H]1Cc2c(Cc3ccccc3)cccc2CN1C(=O)C(c1ccccc1)c1ccccc1. The molecule has 0 spiro atoms. The lowest BCUT2D eigenvalue weighted by molar-refractivity contribution is -0.151. The van der Waals surface area contributed by atoms with Crippen LogP contribution >= 0.6 is 0 Å². The van der Waals surface area contributed by atoms with Crippen LogP contribution in [0.4, 0.5) is 0 Å². The molecule has 174 valence electrons. The van der Waals surface area contributed by atoms with Crippen LogP contribution in [0, 0.1) is 0 Å². The number of carbonyl (C=O) groups excluding carboxylic acids is 1. The van der Waals surface area contributed by atoms with E-state index in [0.29, 0.717) is 6.42 Å². The smallest absolute Gasteiger partial charge is 0.326 e. The molecule has 1 aliphatic heterocycles. The molecule has 0 radical (unpaired) electrons. The number of hydrogen-bond acceptors (Lipinski definition) is 2. The Labute approximate surface area is 205 Å². The fraction of sp³-hybridized carbons (Fsp3) is 0.161. The van der Waals surface area contributed by atoms with E-state index in [1.165, 1.54) is 5.56 Å². The summed E-state index contributed by atoms with van der Waals surface area (Å²) in [7, 11) is 0. The Morgan fingerprint density at radius 3 is 1.91 bits per heavy atom. The summed E-state index contributed by atoms with van der Waals surface area (Å²) in [5.41, 5.74) is 6.08. The molecule has 1 heterocycles. The highest BCUT2D eigenvalue weighted by Crippen LogP contribution is 2.33. The quantitative estimate of drug-likeness (QED) is 0.416. The van der Waals surface area contributed by atoms with E-state index in [9.17, 15) is 14.7 Å². The van der Waals surface area contributed by atoms with Gasteiger partial charge < -0.3 is 10.0 Å². The lowest BCUT2D eigenvalue weighted by Gasteiger charge is -2.37. The lowest BCUT2D eigenvalue weighted by atomic mass is 9.85. The van der Waals surface area contributed by atoms with Crippen molar-refractivity contribution in [1.29, 1.82) is 0 Å². The first-order valence-electron chi connectivity index (χ1n) is 11.9. The number of nitrogens with zero attached hydrogens (tertiary/aromatic N) is 1. The molecule has 0 aromatic heterocycles. The first kappa shape index (κ1) is 22.6. The fourth-order valence-electron chi connectivity index (χ4n) is 5.06. The molecule has 5 rings (SSSR count). The van der Waals surface area contributed by atoms with Gasteiger partial charge >= 0.3 is 5.97 Å². The van der Waals surface area contributed by atoms with Crippen LogP contribution in [0.5, 0.6) is 0 Å². The predicted octanol–water partition coefficient (Wildman–Crippen LogP) is 5.45. The summed E-state index contributed by atoms with van der Waals surface area (Å²) in [5.74, 6) is -1.72. The number of rotatable bonds is 6. The van der Waals surface area contributed by atoms with Crippen LogP contribution in [0.1, 0.15) is 39.3 Å². The number of amides is 1. The minimum absolute atomic E-state index is 0.186. The summed E-state index contributed by atoms with van der Waals surface area (Å²) in [6, 6.07) is 34.6. The third-order valence-electron chi connectivity index (χ3n) is 6.80. The van der Waals surface area contributed by atoms with Crippen LogP contribution in [0.25, 0.3) is 0 Å². The van der Waals surface area contributed by atoms with Gasteiger partial charge in [-0.1, -0.05) is 109 Å². The Bertz CT molecular complexity index is 1280. The third-order valence-corrected chi connectivity index (χ3v) is 6.80. The molecule has 1 atom stereocenters. The van der Waals surface area contributed by atoms with E-state index in [4.69, 9.17) is 0 Å². The Balaban J connectivity index is 1.52. The van der Waals surface area contributed by atoms with Crippen molar-refractivity contribution in [3.05, 3.63) is 143 Å². The van der Waals surface area contributed by atoms with Crippen molar-refractivity contribution in [2.24, 2.45) is 0 Å². The zero-order valence-electron chi connectivity index (χ0n) is 19.4. The standard InChI is InChI=1S/C31H27NO3/c33-30(29(23-13-6-2-7-14-23)24-15-8-3-9-16-24)32-21-26-18-10-17-25(19-22-11-4-1-5-12-22)27(26)20-28(32)31(34)35/h1-18,28-29H,19-21H2,(H,34,35)/t28-/m0/s1. The number of aliphatic carboxylic acids is 1. The number of carbonyl (C=O) groups is 2. The number of carboxylic acids is 1. The summed E-state index contributed by atoms with van der Waals surface area (Å²) >= 11 is 0. The molecule has 4 aromatic rings. The van der Waals surface area contributed by atoms with Crippen molar-refractivity contribution in [2.75, 3.05) is 0 Å². The molecule has 1 amide bonds. The van der Waals surface area contributed by atoms with Gasteiger partial charge in [0.15, 0.2) is 0 Å². The topological polar surface area (TPSA) is 57.6 Å². The molecule has 1 aliphatic rings. The Morgan fingerprint density at radius 1 is 0.771 bits per heavy atom. The lowest BCUT2D eigenvalue weighted by Crippen LogP contribution is -2.50. The number of benzene rings is 4. The molecular weight excluding hydrogens is 434 g/mol. The zero-order chi connectivity index (χ0) is 24.2. The van der Waals surface area contributed by atoms with E-state index >= 15 is 0 Å². The van der Waals surface area contributed by atoms with Gasteiger partial charge in [-0.05, 0) is 39.8 Å². The third kappa shape index (κ3) is 4.73. The minimum atomic E-state index is -0.974. The summed E-state index contributed by atoms with van der Waals surface area (Å²) in [5, 5.41) is 10.2. The molecule has 0 bridgehead atoms. The second-order valence-corrected chi connectivity index (χ2v) is 9.00. The van der Waals surface area contributed by atoms with Crippen molar-refractivity contribution in [1.82, 2.24) is 4.90 Å². The molecule has 4 aromatic carbocycles. The maximum absolute atomic E-state index is 14.1. The van der Waals surface area contributed by atoms with Gasteiger partial charge in [0.1, 0.15) is 6.04 Å². The molecule has 1 N–H and O–H groups in total.